The van der Waals surface area contributed by atoms with Crippen LogP contribution < -0.4 is 10.6 Å². The largest absolute Gasteiger partial charge is 0.458 e. The van der Waals surface area contributed by atoms with Crippen LogP contribution in [0.5, 0.6) is 0 Å². The number of anilines is 1. The van der Waals surface area contributed by atoms with E-state index in [4.69, 9.17) is 9.26 Å². The van der Waals surface area contributed by atoms with E-state index in [1.807, 2.05) is 49.6 Å². The SMILES string of the molecule is CC(C)[C@@H](NC(=O)Nc1ccccc1)C(=O)OCc1cc(-c2cccs2)on1. The van der Waals surface area contributed by atoms with E-state index >= 15 is 0 Å². The average molecular weight is 399 g/mol. The molecule has 2 N–H and O–H groups in total. The number of hydrogen-bond acceptors (Lipinski definition) is 6. The van der Waals surface area contributed by atoms with Crippen LogP contribution in [0.1, 0.15) is 19.5 Å². The summed E-state index contributed by atoms with van der Waals surface area (Å²) < 4.78 is 10.6. The number of ether oxygens (including phenoxy) is 1. The van der Waals surface area contributed by atoms with Gasteiger partial charge in [0.15, 0.2) is 5.76 Å². The Morgan fingerprint density at radius 3 is 2.64 bits per heavy atom. The van der Waals surface area contributed by atoms with Crippen LogP contribution in [0.4, 0.5) is 10.5 Å². The fourth-order valence-corrected chi connectivity index (χ4v) is 3.15. The highest BCUT2D eigenvalue weighted by molar-refractivity contribution is 7.13. The lowest BCUT2D eigenvalue weighted by Crippen LogP contribution is -2.47. The lowest BCUT2D eigenvalue weighted by atomic mass is 10.1. The van der Waals surface area contributed by atoms with Crippen molar-refractivity contribution in [3.63, 3.8) is 0 Å². The van der Waals surface area contributed by atoms with E-state index in [1.165, 1.54) is 11.3 Å². The first kappa shape index (κ1) is 19.6. The van der Waals surface area contributed by atoms with Gasteiger partial charge in [-0.15, -0.1) is 11.3 Å². The minimum Gasteiger partial charge on any atom is -0.458 e. The van der Waals surface area contributed by atoms with Crippen molar-refractivity contribution in [3.8, 4) is 10.6 Å². The number of carbonyl (C=O) groups is 2. The molecule has 1 atom stereocenters. The van der Waals surface area contributed by atoms with Crippen LogP contribution in [0.15, 0.2) is 58.4 Å². The van der Waals surface area contributed by atoms with Crippen molar-refractivity contribution in [2.75, 3.05) is 5.32 Å². The van der Waals surface area contributed by atoms with Crippen molar-refractivity contribution < 1.29 is 18.8 Å². The molecular formula is C20H21N3O4S. The van der Waals surface area contributed by atoms with E-state index in [2.05, 4.69) is 15.8 Å². The van der Waals surface area contributed by atoms with Crippen LogP contribution in [0.2, 0.25) is 0 Å². The minimum absolute atomic E-state index is 0.0289. The molecular weight excluding hydrogens is 378 g/mol. The Morgan fingerprint density at radius 2 is 1.96 bits per heavy atom. The lowest BCUT2D eigenvalue weighted by molar-refractivity contribution is -0.148. The van der Waals surface area contributed by atoms with Gasteiger partial charge in [-0.2, -0.15) is 0 Å². The topological polar surface area (TPSA) is 93.5 Å². The fourth-order valence-electron chi connectivity index (χ4n) is 2.48. The second-order valence-corrected chi connectivity index (χ2v) is 7.40. The Kier molecular flexibility index (Phi) is 6.44. The number of aromatic nitrogens is 1. The lowest BCUT2D eigenvalue weighted by Gasteiger charge is -2.20. The number of thiophene rings is 1. The number of carbonyl (C=O) groups excluding carboxylic acids is 2. The first-order valence-electron chi connectivity index (χ1n) is 8.81. The second kappa shape index (κ2) is 9.18. The van der Waals surface area contributed by atoms with Gasteiger partial charge in [-0.1, -0.05) is 43.3 Å². The molecule has 3 rings (SSSR count). The number of esters is 1. The number of amides is 2. The molecule has 0 aliphatic heterocycles. The second-order valence-electron chi connectivity index (χ2n) is 6.45. The first-order chi connectivity index (χ1) is 13.5. The summed E-state index contributed by atoms with van der Waals surface area (Å²) in [4.78, 5) is 25.6. The van der Waals surface area contributed by atoms with Gasteiger partial charge in [-0.25, -0.2) is 9.59 Å². The molecule has 2 aromatic heterocycles. The quantitative estimate of drug-likeness (QED) is 0.578. The number of nitrogens with zero attached hydrogens (tertiary/aromatic N) is 1. The molecule has 0 unspecified atom stereocenters. The third kappa shape index (κ3) is 5.20. The molecule has 0 saturated heterocycles. The molecule has 1 aromatic carbocycles. The van der Waals surface area contributed by atoms with Crippen LogP contribution in [0.25, 0.3) is 10.6 Å². The van der Waals surface area contributed by atoms with Crippen molar-refractivity contribution in [2.45, 2.75) is 26.5 Å². The molecule has 2 amide bonds. The number of urea groups is 1. The van der Waals surface area contributed by atoms with E-state index in [9.17, 15) is 9.59 Å². The van der Waals surface area contributed by atoms with Gasteiger partial charge in [0.1, 0.15) is 18.3 Å². The maximum Gasteiger partial charge on any atom is 0.329 e. The van der Waals surface area contributed by atoms with Crippen molar-refractivity contribution in [1.29, 1.82) is 0 Å². The van der Waals surface area contributed by atoms with E-state index < -0.39 is 18.0 Å². The minimum atomic E-state index is -0.785. The van der Waals surface area contributed by atoms with Crippen molar-refractivity contribution in [1.82, 2.24) is 10.5 Å². The molecule has 0 spiro atoms. The normalized spacial score (nSPS) is 11.8. The van der Waals surface area contributed by atoms with Crippen molar-refractivity contribution in [3.05, 3.63) is 59.6 Å². The predicted octanol–water partition coefficient (Wildman–Crippen LogP) is 4.29. The third-order valence-electron chi connectivity index (χ3n) is 3.92. The Bertz CT molecular complexity index is 907. The smallest absolute Gasteiger partial charge is 0.329 e. The van der Waals surface area contributed by atoms with Crippen LogP contribution in [-0.2, 0) is 16.1 Å². The number of nitrogens with one attached hydrogen (secondary N) is 2. The number of para-hydroxylation sites is 1. The first-order valence-corrected chi connectivity index (χ1v) is 9.69. The van der Waals surface area contributed by atoms with Gasteiger partial charge in [-0.05, 0) is 29.5 Å². The summed E-state index contributed by atoms with van der Waals surface area (Å²) in [6.45, 7) is 3.64. The standard InChI is InChI=1S/C20H21N3O4S/c1-13(2)18(22-20(25)21-14-7-4-3-5-8-14)19(24)26-12-15-11-16(27-23-15)17-9-6-10-28-17/h3-11,13,18H,12H2,1-2H3,(H2,21,22,25)/t18-/m1/s1. The molecule has 0 aliphatic carbocycles. The number of hydrogen-bond donors (Lipinski definition) is 2. The maximum atomic E-state index is 12.5. The third-order valence-corrected chi connectivity index (χ3v) is 4.81. The van der Waals surface area contributed by atoms with E-state index in [0.717, 1.165) is 4.88 Å². The highest BCUT2D eigenvalue weighted by Crippen LogP contribution is 2.25. The Morgan fingerprint density at radius 1 is 1.18 bits per heavy atom. The molecule has 0 radical (unpaired) electrons. The number of benzene rings is 1. The van der Waals surface area contributed by atoms with Crippen LogP contribution >= 0.6 is 11.3 Å². The zero-order valence-electron chi connectivity index (χ0n) is 15.5. The Hall–Kier alpha value is -3.13. The molecule has 2 heterocycles. The van der Waals surface area contributed by atoms with E-state index in [0.29, 0.717) is 17.1 Å². The summed E-state index contributed by atoms with van der Waals surface area (Å²) in [6, 6.07) is 13.3. The molecule has 0 saturated carbocycles. The summed E-state index contributed by atoms with van der Waals surface area (Å²) in [5, 5.41) is 11.2. The summed E-state index contributed by atoms with van der Waals surface area (Å²) >= 11 is 1.53. The van der Waals surface area contributed by atoms with Gasteiger partial charge >= 0.3 is 12.0 Å². The summed E-state index contributed by atoms with van der Waals surface area (Å²) in [6.07, 6.45) is 0. The van der Waals surface area contributed by atoms with Gasteiger partial charge < -0.3 is 19.9 Å². The van der Waals surface area contributed by atoms with Gasteiger partial charge in [-0.3, -0.25) is 0 Å². The van der Waals surface area contributed by atoms with E-state index in [-0.39, 0.29) is 12.5 Å². The van der Waals surface area contributed by atoms with Gasteiger partial charge in [0.2, 0.25) is 0 Å². The van der Waals surface area contributed by atoms with Gasteiger partial charge in [0.05, 0.1) is 4.88 Å². The monoisotopic (exact) mass is 399 g/mol. The Balaban J connectivity index is 1.55. The predicted molar refractivity (Wildman–Crippen MR) is 107 cm³/mol. The summed E-state index contributed by atoms with van der Waals surface area (Å²) in [7, 11) is 0. The van der Waals surface area contributed by atoms with E-state index in [1.54, 1.807) is 18.2 Å². The zero-order valence-corrected chi connectivity index (χ0v) is 16.4. The molecule has 28 heavy (non-hydrogen) atoms. The summed E-state index contributed by atoms with van der Waals surface area (Å²) in [5.41, 5.74) is 1.15. The van der Waals surface area contributed by atoms with Crippen LogP contribution in [0, 0.1) is 5.92 Å². The molecule has 0 bridgehead atoms. The van der Waals surface area contributed by atoms with Crippen LogP contribution in [-0.4, -0.2) is 23.2 Å². The molecule has 0 fully saturated rings. The molecule has 146 valence electrons. The highest BCUT2D eigenvalue weighted by atomic mass is 32.1. The zero-order chi connectivity index (χ0) is 19.9. The van der Waals surface area contributed by atoms with Gasteiger partial charge in [0.25, 0.3) is 0 Å². The Labute approximate surface area is 166 Å². The number of rotatable bonds is 7. The van der Waals surface area contributed by atoms with Crippen molar-refractivity contribution >= 4 is 29.0 Å². The van der Waals surface area contributed by atoms with Gasteiger partial charge in [0, 0.05) is 11.8 Å². The maximum absolute atomic E-state index is 12.5. The average Bonchev–Trinajstić information content (AvgIpc) is 3.36. The fraction of sp³-hybridized carbons (Fsp3) is 0.250. The van der Waals surface area contributed by atoms with Crippen molar-refractivity contribution in [2.24, 2.45) is 5.92 Å². The highest BCUT2D eigenvalue weighted by Gasteiger charge is 2.26. The molecule has 7 nitrogen and oxygen atoms in total. The van der Waals surface area contributed by atoms with Crippen LogP contribution in [0.3, 0.4) is 0 Å². The molecule has 0 aliphatic rings. The summed E-state index contributed by atoms with van der Waals surface area (Å²) in [5.74, 6) is -0.0475. The molecule has 8 heteroatoms. The molecule has 3 aromatic rings.